The zero-order chi connectivity index (χ0) is 15.8. The summed E-state index contributed by atoms with van der Waals surface area (Å²) in [5, 5.41) is 0. The SMILES string of the molecule is Cc1ccc(/C=c2\s/c(=C\C(=O)C(C)(C)C)n(C)c2=O)s1. The van der Waals surface area contributed by atoms with Crippen molar-refractivity contribution in [3.05, 3.63) is 41.4 Å². The van der Waals surface area contributed by atoms with Gasteiger partial charge in [0.2, 0.25) is 0 Å². The number of thiophene rings is 1. The molecule has 2 aromatic heterocycles. The van der Waals surface area contributed by atoms with Crippen LogP contribution in [0.5, 0.6) is 0 Å². The average molecular weight is 321 g/mol. The minimum Gasteiger partial charge on any atom is -0.302 e. The number of rotatable bonds is 2. The molecule has 112 valence electrons. The van der Waals surface area contributed by atoms with Gasteiger partial charge in [-0.1, -0.05) is 20.8 Å². The predicted octanol–water partition coefficient (Wildman–Crippen LogP) is 2.04. The predicted molar refractivity (Wildman–Crippen MR) is 90.4 cm³/mol. The van der Waals surface area contributed by atoms with E-state index in [0.717, 1.165) is 4.88 Å². The van der Waals surface area contributed by atoms with E-state index in [1.54, 1.807) is 29.0 Å². The average Bonchev–Trinajstić information content (AvgIpc) is 2.89. The Hall–Kier alpha value is -1.46. The first kappa shape index (κ1) is 15.9. The number of Topliss-reactive ketones (excluding diaryl/α,β-unsaturated/α-hetero) is 1. The van der Waals surface area contributed by atoms with Gasteiger partial charge in [0, 0.05) is 28.3 Å². The fourth-order valence-electron chi connectivity index (χ4n) is 1.70. The van der Waals surface area contributed by atoms with Gasteiger partial charge in [0.1, 0.15) is 4.66 Å². The Morgan fingerprint density at radius 3 is 2.43 bits per heavy atom. The summed E-state index contributed by atoms with van der Waals surface area (Å²) in [7, 11) is 1.71. The lowest BCUT2D eigenvalue weighted by molar-refractivity contribution is -0.120. The van der Waals surface area contributed by atoms with Crippen molar-refractivity contribution in [3.8, 4) is 0 Å². The van der Waals surface area contributed by atoms with Crippen LogP contribution in [0.1, 0.15) is 30.5 Å². The van der Waals surface area contributed by atoms with E-state index in [0.29, 0.717) is 9.20 Å². The minimum absolute atomic E-state index is 0.0258. The van der Waals surface area contributed by atoms with E-state index in [4.69, 9.17) is 0 Å². The molecule has 0 fully saturated rings. The molecule has 3 nitrogen and oxygen atoms in total. The van der Waals surface area contributed by atoms with Crippen LogP contribution < -0.4 is 14.8 Å². The summed E-state index contributed by atoms with van der Waals surface area (Å²) in [6.07, 6.45) is 3.46. The third-order valence-corrected chi connectivity index (χ3v) is 5.15. The molecule has 0 unspecified atom stereocenters. The number of hydrogen-bond donors (Lipinski definition) is 0. The molecular formula is C16H19NO2S2. The molecule has 0 aliphatic heterocycles. The zero-order valence-corrected chi connectivity index (χ0v) is 14.5. The van der Waals surface area contributed by atoms with E-state index in [9.17, 15) is 9.59 Å². The Balaban J connectivity index is 2.57. The summed E-state index contributed by atoms with van der Waals surface area (Å²) < 4.78 is 2.90. The van der Waals surface area contributed by atoms with Gasteiger partial charge in [0.05, 0.1) is 4.53 Å². The number of aryl methyl sites for hydroxylation is 1. The standard InChI is InChI=1S/C16H19NO2S2/c1-10-6-7-11(20-10)8-12-15(19)17(5)14(21-12)9-13(18)16(2,3)4/h6-9H,1-5H3/b12-8-,14-9-. The van der Waals surface area contributed by atoms with Crippen molar-refractivity contribution >= 4 is 40.6 Å². The van der Waals surface area contributed by atoms with E-state index < -0.39 is 5.41 Å². The normalized spacial score (nSPS) is 14.0. The van der Waals surface area contributed by atoms with Gasteiger partial charge >= 0.3 is 0 Å². The molecule has 0 aromatic carbocycles. The van der Waals surface area contributed by atoms with Gasteiger partial charge in [-0.05, 0) is 25.1 Å². The highest BCUT2D eigenvalue weighted by Gasteiger charge is 2.19. The molecule has 0 bridgehead atoms. The van der Waals surface area contributed by atoms with E-state index in [1.165, 1.54) is 16.2 Å². The minimum atomic E-state index is -0.436. The van der Waals surface area contributed by atoms with Crippen LogP contribution in [-0.4, -0.2) is 10.4 Å². The summed E-state index contributed by atoms with van der Waals surface area (Å²) in [5.41, 5.74) is -0.492. The molecule has 0 atom stereocenters. The molecule has 21 heavy (non-hydrogen) atoms. The van der Waals surface area contributed by atoms with Crippen molar-refractivity contribution in [1.82, 2.24) is 4.57 Å². The highest BCUT2D eigenvalue weighted by atomic mass is 32.1. The summed E-state index contributed by atoms with van der Waals surface area (Å²) in [6, 6.07) is 4.04. The second kappa shape index (κ2) is 5.73. The van der Waals surface area contributed by atoms with Gasteiger partial charge in [0.15, 0.2) is 5.78 Å². The molecule has 0 spiro atoms. The fourth-order valence-corrected chi connectivity index (χ4v) is 3.61. The first-order valence-corrected chi connectivity index (χ1v) is 8.32. The smallest absolute Gasteiger partial charge is 0.268 e. The fraction of sp³-hybridized carbons (Fsp3) is 0.375. The summed E-state index contributed by atoms with van der Waals surface area (Å²) in [4.78, 5) is 26.6. The van der Waals surface area contributed by atoms with Crippen molar-refractivity contribution in [3.63, 3.8) is 0 Å². The highest BCUT2D eigenvalue weighted by Crippen LogP contribution is 2.16. The molecule has 2 heterocycles. The molecule has 2 aromatic rings. The van der Waals surface area contributed by atoms with Crippen LogP contribution in [0.3, 0.4) is 0 Å². The molecule has 0 aliphatic rings. The summed E-state index contributed by atoms with van der Waals surface area (Å²) in [6.45, 7) is 7.66. The lowest BCUT2D eigenvalue weighted by Crippen LogP contribution is -2.29. The molecule has 0 saturated carbocycles. The molecule has 0 radical (unpaired) electrons. The molecule has 0 amide bonds. The van der Waals surface area contributed by atoms with Crippen LogP contribution in [-0.2, 0) is 11.8 Å². The monoisotopic (exact) mass is 321 g/mol. The van der Waals surface area contributed by atoms with Gasteiger partial charge < -0.3 is 4.57 Å². The molecular weight excluding hydrogens is 302 g/mol. The van der Waals surface area contributed by atoms with Crippen LogP contribution in [0, 0.1) is 12.3 Å². The van der Waals surface area contributed by atoms with Gasteiger partial charge in [-0.3, -0.25) is 9.59 Å². The first-order valence-electron chi connectivity index (χ1n) is 6.68. The molecule has 0 aliphatic carbocycles. The quantitative estimate of drug-likeness (QED) is 0.849. The molecule has 0 N–H and O–H groups in total. The number of ketones is 1. The van der Waals surface area contributed by atoms with Crippen LogP contribution in [0.2, 0.25) is 0 Å². The Labute approximate surface area is 131 Å². The highest BCUT2D eigenvalue weighted by molar-refractivity contribution is 7.13. The van der Waals surface area contributed by atoms with E-state index in [2.05, 4.69) is 0 Å². The van der Waals surface area contributed by atoms with E-state index in [1.807, 2.05) is 45.9 Å². The topological polar surface area (TPSA) is 39.1 Å². The lowest BCUT2D eigenvalue weighted by Gasteiger charge is -2.12. The van der Waals surface area contributed by atoms with Crippen LogP contribution in [0.25, 0.3) is 12.2 Å². The van der Waals surface area contributed by atoms with Crippen molar-refractivity contribution in [2.45, 2.75) is 27.7 Å². The van der Waals surface area contributed by atoms with Gasteiger partial charge in [-0.15, -0.1) is 22.7 Å². The zero-order valence-electron chi connectivity index (χ0n) is 12.9. The number of carbonyl (C=O) groups excluding carboxylic acids is 1. The van der Waals surface area contributed by atoms with Gasteiger partial charge in [-0.2, -0.15) is 0 Å². The Bertz CT molecular complexity index is 844. The maximum Gasteiger partial charge on any atom is 0.268 e. The molecule has 0 saturated heterocycles. The van der Waals surface area contributed by atoms with Crippen LogP contribution in [0.4, 0.5) is 0 Å². The maximum atomic E-state index is 12.2. The van der Waals surface area contributed by atoms with E-state index in [-0.39, 0.29) is 11.3 Å². The third-order valence-electron chi connectivity index (χ3n) is 3.09. The van der Waals surface area contributed by atoms with E-state index >= 15 is 0 Å². The number of thiazole rings is 1. The Kier molecular flexibility index (Phi) is 4.35. The lowest BCUT2D eigenvalue weighted by atomic mass is 9.91. The largest absolute Gasteiger partial charge is 0.302 e. The number of nitrogens with zero attached hydrogens (tertiary/aromatic N) is 1. The third kappa shape index (κ3) is 3.60. The number of hydrogen-bond acceptors (Lipinski definition) is 4. The van der Waals surface area contributed by atoms with Gasteiger partial charge in [0.25, 0.3) is 5.56 Å². The van der Waals surface area contributed by atoms with Crippen molar-refractivity contribution in [2.24, 2.45) is 12.5 Å². The summed E-state index contributed by atoms with van der Waals surface area (Å²) >= 11 is 3.01. The van der Waals surface area contributed by atoms with Crippen molar-refractivity contribution in [2.75, 3.05) is 0 Å². The van der Waals surface area contributed by atoms with Crippen molar-refractivity contribution in [1.29, 1.82) is 0 Å². The molecule has 2 rings (SSSR count). The second-order valence-electron chi connectivity index (χ2n) is 6.02. The van der Waals surface area contributed by atoms with Crippen molar-refractivity contribution < 1.29 is 4.79 Å². The second-order valence-corrected chi connectivity index (χ2v) is 8.40. The Morgan fingerprint density at radius 2 is 1.90 bits per heavy atom. The van der Waals surface area contributed by atoms with Crippen LogP contribution in [0.15, 0.2) is 16.9 Å². The summed E-state index contributed by atoms with van der Waals surface area (Å²) in [5.74, 6) is 0.0258. The first-order chi connectivity index (χ1) is 9.68. The Morgan fingerprint density at radius 1 is 1.24 bits per heavy atom. The number of aromatic nitrogens is 1. The van der Waals surface area contributed by atoms with Gasteiger partial charge in [-0.25, -0.2) is 0 Å². The maximum absolute atomic E-state index is 12.2. The van der Waals surface area contributed by atoms with Crippen LogP contribution >= 0.6 is 22.7 Å². The molecule has 5 heteroatoms. The number of carbonyl (C=O) groups is 1.